The molecule has 0 aliphatic rings. The van der Waals surface area contributed by atoms with Gasteiger partial charge in [-0.1, -0.05) is 13.3 Å². The van der Waals surface area contributed by atoms with Crippen molar-refractivity contribution in [2.45, 2.75) is 19.8 Å². The van der Waals surface area contributed by atoms with Crippen LogP contribution < -0.4 is 24.3 Å². The van der Waals surface area contributed by atoms with Crippen molar-refractivity contribution in [3.05, 3.63) is 30.3 Å². The van der Waals surface area contributed by atoms with Crippen LogP contribution in [0.15, 0.2) is 30.3 Å². The minimum Gasteiger partial charge on any atom is -0.497 e. The fraction of sp³-hybridized carbons (Fsp3) is 0.364. The minimum atomic E-state index is 0.586. The molecule has 0 heterocycles. The lowest BCUT2D eigenvalue weighted by Gasteiger charge is -2.19. The Kier molecular flexibility index (Phi) is 5.79. The number of nitrogens with one attached hydrogen (secondary N) is 1. The number of rotatable bonds is 8. The zero-order valence-corrected chi connectivity index (χ0v) is 16.6. The quantitative estimate of drug-likeness (QED) is 0.435. The molecule has 0 saturated carbocycles. The summed E-state index contributed by atoms with van der Waals surface area (Å²) in [5, 5.41) is 7.72. The molecule has 0 saturated heterocycles. The van der Waals surface area contributed by atoms with E-state index in [4.69, 9.17) is 18.9 Å². The molecule has 0 aliphatic heterocycles. The zero-order valence-electron chi connectivity index (χ0n) is 16.6. The predicted molar refractivity (Wildman–Crippen MR) is 111 cm³/mol. The highest BCUT2D eigenvalue weighted by Crippen LogP contribution is 2.47. The third-order valence-corrected chi connectivity index (χ3v) is 4.79. The molecule has 0 atom stereocenters. The first-order chi connectivity index (χ1) is 13.2. The molecule has 0 fully saturated rings. The lowest BCUT2D eigenvalue weighted by molar-refractivity contribution is 0.327. The molecule has 0 aromatic heterocycles. The number of ether oxygens (including phenoxy) is 4. The third-order valence-electron chi connectivity index (χ3n) is 4.79. The van der Waals surface area contributed by atoms with Crippen molar-refractivity contribution >= 4 is 27.2 Å². The molecule has 0 aliphatic carbocycles. The summed E-state index contributed by atoms with van der Waals surface area (Å²) < 4.78 is 22.3. The molecule has 0 bridgehead atoms. The van der Waals surface area contributed by atoms with Crippen LogP contribution in [0.1, 0.15) is 19.8 Å². The van der Waals surface area contributed by atoms with Crippen molar-refractivity contribution in [2.75, 3.05) is 40.3 Å². The second kappa shape index (κ2) is 8.25. The topological polar surface area (TPSA) is 49.0 Å². The molecule has 5 nitrogen and oxygen atoms in total. The van der Waals surface area contributed by atoms with Crippen LogP contribution in [0.25, 0.3) is 21.5 Å². The normalized spacial score (nSPS) is 10.9. The maximum Gasteiger partial charge on any atom is 0.203 e. The van der Waals surface area contributed by atoms with Gasteiger partial charge in [0.1, 0.15) is 5.75 Å². The summed E-state index contributed by atoms with van der Waals surface area (Å²) in [5.41, 5.74) is 1.09. The highest BCUT2D eigenvalue weighted by molar-refractivity contribution is 6.17. The van der Waals surface area contributed by atoms with Crippen LogP contribution in [-0.4, -0.2) is 35.0 Å². The maximum absolute atomic E-state index is 5.75. The first-order valence-corrected chi connectivity index (χ1v) is 9.15. The van der Waals surface area contributed by atoms with Gasteiger partial charge in [0.25, 0.3) is 0 Å². The highest BCUT2D eigenvalue weighted by Gasteiger charge is 2.19. The van der Waals surface area contributed by atoms with Gasteiger partial charge < -0.3 is 24.3 Å². The average Bonchev–Trinajstić information content (AvgIpc) is 2.71. The Hall–Kier alpha value is -2.82. The van der Waals surface area contributed by atoms with Crippen molar-refractivity contribution in [3.63, 3.8) is 0 Å². The van der Waals surface area contributed by atoms with Gasteiger partial charge in [0.2, 0.25) is 5.75 Å². The molecule has 0 amide bonds. The molecule has 3 rings (SSSR count). The molecule has 5 heteroatoms. The lowest BCUT2D eigenvalue weighted by atomic mass is 9.98. The second-order valence-electron chi connectivity index (χ2n) is 6.36. The van der Waals surface area contributed by atoms with Crippen LogP contribution >= 0.6 is 0 Å². The predicted octanol–water partition coefficient (Wildman–Crippen LogP) is 5.24. The van der Waals surface area contributed by atoms with Crippen LogP contribution in [0.5, 0.6) is 23.0 Å². The van der Waals surface area contributed by atoms with Crippen molar-refractivity contribution < 1.29 is 18.9 Å². The summed E-state index contributed by atoms with van der Waals surface area (Å²) in [6.45, 7) is 3.11. The van der Waals surface area contributed by atoms with Gasteiger partial charge in [-0.05, 0) is 47.5 Å². The Balaban J connectivity index is 2.39. The molecular weight excluding hydrogens is 342 g/mol. The number of benzene rings is 3. The summed E-state index contributed by atoms with van der Waals surface area (Å²) in [6.07, 6.45) is 2.26. The molecule has 27 heavy (non-hydrogen) atoms. The number of unbranched alkanes of at least 4 members (excludes halogenated alkanes) is 1. The number of methoxy groups -OCH3 is 4. The molecule has 0 unspecified atom stereocenters. The summed E-state index contributed by atoms with van der Waals surface area (Å²) in [5.74, 6) is 2.68. The lowest BCUT2D eigenvalue weighted by Crippen LogP contribution is -2.02. The van der Waals surface area contributed by atoms with Crippen LogP contribution in [0.4, 0.5) is 5.69 Å². The van der Waals surface area contributed by atoms with Gasteiger partial charge in [-0.15, -0.1) is 0 Å². The van der Waals surface area contributed by atoms with Crippen molar-refractivity contribution in [2.24, 2.45) is 0 Å². The number of anilines is 1. The van der Waals surface area contributed by atoms with Crippen LogP contribution in [0.2, 0.25) is 0 Å². The number of hydrogen-bond donors (Lipinski definition) is 1. The number of fused-ring (bicyclic) bond motifs is 3. The van der Waals surface area contributed by atoms with Gasteiger partial charge in [0, 0.05) is 23.0 Å². The van der Waals surface area contributed by atoms with E-state index in [0.29, 0.717) is 17.2 Å². The van der Waals surface area contributed by atoms with Gasteiger partial charge in [0.05, 0.1) is 28.4 Å². The van der Waals surface area contributed by atoms with E-state index in [1.807, 2.05) is 18.2 Å². The van der Waals surface area contributed by atoms with E-state index in [0.717, 1.165) is 52.4 Å². The Morgan fingerprint density at radius 1 is 0.815 bits per heavy atom. The van der Waals surface area contributed by atoms with E-state index < -0.39 is 0 Å². The Labute approximate surface area is 160 Å². The Bertz CT molecular complexity index is 952. The first-order valence-electron chi connectivity index (χ1n) is 9.15. The first kappa shape index (κ1) is 19.0. The van der Waals surface area contributed by atoms with Crippen molar-refractivity contribution in [1.82, 2.24) is 0 Å². The third kappa shape index (κ3) is 3.42. The Morgan fingerprint density at radius 2 is 1.59 bits per heavy atom. The fourth-order valence-corrected chi connectivity index (χ4v) is 3.44. The average molecular weight is 369 g/mol. The largest absolute Gasteiger partial charge is 0.497 e. The van der Waals surface area contributed by atoms with Gasteiger partial charge in [-0.2, -0.15) is 0 Å². The molecule has 144 valence electrons. The van der Waals surface area contributed by atoms with Crippen LogP contribution in [0, 0.1) is 0 Å². The second-order valence-corrected chi connectivity index (χ2v) is 6.36. The SMILES string of the molecule is CCCCNc1cc2cc(OC)c(OC)c(OC)c2c2cc(OC)ccc12. The minimum absolute atomic E-state index is 0.586. The maximum atomic E-state index is 5.75. The highest BCUT2D eigenvalue weighted by atomic mass is 16.5. The van der Waals surface area contributed by atoms with Gasteiger partial charge in [-0.3, -0.25) is 0 Å². The van der Waals surface area contributed by atoms with Crippen LogP contribution in [0.3, 0.4) is 0 Å². The summed E-state index contributed by atoms with van der Waals surface area (Å²) >= 11 is 0. The summed E-state index contributed by atoms with van der Waals surface area (Å²) in [4.78, 5) is 0. The van der Waals surface area contributed by atoms with Crippen LogP contribution in [-0.2, 0) is 0 Å². The summed E-state index contributed by atoms with van der Waals surface area (Å²) in [6, 6.07) is 10.2. The van der Waals surface area contributed by atoms with E-state index in [1.165, 1.54) is 0 Å². The smallest absolute Gasteiger partial charge is 0.203 e. The summed E-state index contributed by atoms with van der Waals surface area (Å²) in [7, 11) is 6.58. The van der Waals surface area contributed by atoms with E-state index in [-0.39, 0.29) is 0 Å². The monoisotopic (exact) mass is 369 g/mol. The molecule has 3 aromatic carbocycles. The molecule has 0 radical (unpaired) electrons. The zero-order chi connectivity index (χ0) is 19.4. The van der Waals surface area contributed by atoms with Crippen molar-refractivity contribution in [3.8, 4) is 23.0 Å². The van der Waals surface area contributed by atoms with E-state index in [9.17, 15) is 0 Å². The molecule has 0 spiro atoms. The van der Waals surface area contributed by atoms with E-state index >= 15 is 0 Å². The fourth-order valence-electron chi connectivity index (χ4n) is 3.44. The van der Waals surface area contributed by atoms with Gasteiger partial charge in [0.15, 0.2) is 11.5 Å². The number of hydrogen-bond acceptors (Lipinski definition) is 5. The molecular formula is C22H27NO4. The van der Waals surface area contributed by atoms with Gasteiger partial charge in [-0.25, -0.2) is 0 Å². The van der Waals surface area contributed by atoms with Crippen molar-refractivity contribution in [1.29, 1.82) is 0 Å². The Morgan fingerprint density at radius 3 is 2.22 bits per heavy atom. The van der Waals surface area contributed by atoms with Gasteiger partial charge >= 0.3 is 0 Å². The molecule has 3 aromatic rings. The van der Waals surface area contributed by atoms with E-state index in [2.05, 4.69) is 24.4 Å². The van der Waals surface area contributed by atoms with E-state index in [1.54, 1.807) is 28.4 Å². The standard InChI is InChI=1S/C22H27NO4/c1-6-7-10-23-18-11-14-12-19(25-3)21(26-4)22(27-5)20(14)17-13-15(24-2)8-9-16(17)18/h8-9,11-13,23H,6-7,10H2,1-5H3. The molecule has 1 N–H and O–H groups in total.